The van der Waals surface area contributed by atoms with Crippen molar-refractivity contribution in [2.24, 2.45) is 5.73 Å². The second kappa shape index (κ2) is 14.8. The van der Waals surface area contributed by atoms with Crippen LogP contribution in [0.2, 0.25) is 5.28 Å². The first-order valence-electron chi connectivity index (χ1n) is 15.3. The van der Waals surface area contributed by atoms with Gasteiger partial charge in [-0.3, -0.25) is 14.4 Å². The molecule has 1 aromatic rings. The lowest BCUT2D eigenvalue weighted by atomic mass is 10.0. The molecule has 0 spiro atoms. The molecule has 5 rings (SSSR count). The Hall–Kier alpha value is -3.11. The minimum atomic E-state index is -0.692. The minimum Gasteiger partial charge on any atom is -0.354 e. The van der Waals surface area contributed by atoms with Crippen molar-refractivity contribution in [3.8, 4) is 0 Å². The molecular formula is C27H42ClN11O4S. The molecule has 0 unspecified atom stereocenters. The maximum atomic E-state index is 13.7. The maximum Gasteiger partial charge on any atom is 0.315 e. The predicted octanol–water partition coefficient (Wildman–Crippen LogP) is -0.281. The number of fused-ring (bicyclic) bond motifs is 1. The number of unbranched alkanes of at least 4 members (excludes halogenated alkanes) is 2. The zero-order valence-corrected chi connectivity index (χ0v) is 26.6. The Morgan fingerprint density at radius 2 is 1.84 bits per heavy atom. The molecule has 0 radical (unpaired) electrons. The number of carbonyl (C=O) groups excluding carboxylic acids is 4. The molecule has 4 saturated heterocycles. The molecule has 15 nitrogen and oxygen atoms in total. The third-order valence-corrected chi connectivity index (χ3v) is 10.3. The Bertz CT molecular complexity index is 1220. The Kier molecular flexibility index (Phi) is 10.8. The molecule has 5 N–H and O–H groups in total. The van der Waals surface area contributed by atoms with Crippen molar-refractivity contribution in [1.82, 2.24) is 40.3 Å². The molecule has 4 aliphatic rings. The van der Waals surface area contributed by atoms with Gasteiger partial charge in [0.2, 0.25) is 34.9 Å². The van der Waals surface area contributed by atoms with Crippen molar-refractivity contribution in [2.75, 3.05) is 75.4 Å². The van der Waals surface area contributed by atoms with Gasteiger partial charge in [0.15, 0.2) is 0 Å². The van der Waals surface area contributed by atoms with Gasteiger partial charge in [0.1, 0.15) is 12.6 Å². The first-order chi connectivity index (χ1) is 21.2. The third kappa shape index (κ3) is 7.75. The highest BCUT2D eigenvalue weighted by atomic mass is 35.5. The van der Waals surface area contributed by atoms with Crippen LogP contribution in [-0.4, -0.2) is 142 Å². The van der Waals surface area contributed by atoms with Crippen molar-refractivity contribution < 1.29 is 19.2 Å². The molecule has 44 heavy (non-hydrogen) atoms. The molecule has 4 aliphatic heterocycles. The van der Waals surface area contributed by atoms with Crippen LogP contribution in [0, 0.1) is 0 Å². The molecule has 5 amide bonds. The Labute approximate surface area is 266 Å². The van der Waals surface area contributed by atoms with Gasteiger partial charge >= 0.3 is 6.03 Å². The Morgan fingerprint density at radius 1 is 1.05 bits per heavy atom. The number of urea groups is 1. The van der Waals surface area contributed by atoms with Crippen molar-refractivity contribution in [3.05, 3.63) is 5.28 Å². The Balaban J connectivity index is 1.11. The molecule has 242 valence electrons. The van der Waals surface area contributed by atoms with E-state index in [1.807, 2.05) is 16.7 Å². The summed E-state index contributed by atoms with van der Waals surface area (Å²) in [6.45, 7) is 2.88. The number of halogens is 1. The number of nitrogens with one attached hydrogen (secondary N) is 3. The fraction of sp³-hybridized carbons (Fsp3) is 0.741. The number of thioether (sulfide) groups is 1. The number of nitrogens with two attached hydrogens (primary N) is 1. The largest absolute Gasteiger partial charge is 0.354 e. The normalized spacial score (nSPS) is 24.3. The van der Waals surface area contributed by atoms with Crippen molar-refractivity contribution >= 4 is 59.0 Å². The number of amides is 5. The maximum absolute atomic E-state index is 13.7. The predicted molar refractivity (Wildman–Crippen MR) is 168 cm³/mol. The van der Waals surface area contributed by atoms with E-state index < -0.39 is 6.04 Å². The number of hydrogen-bond donors (Lipinski definition) is 4. The summed E-state index contributed by atoms with van der Waals surface area (Å²) < 4.78 is 0. The number of rotatable bonds is 13. The molecule has 5 heterocycles. The molecule has 4 atom stereocenters. The molecule has 1 aromatic heterocycles. The van der Waals surface area contributed by atoms with Gasteiger partial charge in [-0.15, -0.1) is 0 Å². The number of nitrogens with zero attached hydrogens (tertiary/aromatic N) is 7. The highest BCUT2D eigenvalue weighted by Crippen LogP contribution is 2.33. The smallest absolute Gasteiger partial charge is 0.315 e. The highest BCUT2D eigenvalue weighted by Gasteiger charge is 2.42. The van der Waals surface area contributed by atoms with Crippen LogP contribution in [-0.2, 0) is 14.4 Å². The van der Waals surface area contributed by atoms with Gasteiger partial charge in [-0.1, -0.05) is 6.42 Å². The van der Waals surface area contributed by atoms with Crippen LogP contribution >= 0.6 is 23.4 Å². The van der Waals surface area contributed by atoms with E-state index in [9.17, 15) is 19.2 Å². The first-order valence-corrected chi connectivity index (χ1v) is 16.8. The number of carbonyl (C=O) groups is 4. The number of anilines is 2. The van der Waals surface area contributed by atoms with Gasteiger partial charge in [0.25, 0.3) is 0 Å². The minimum absolute atomic E-state index is 0.0262. The molecule has 0 bridgehead atoms. The fourth-order valence-electron chi connectivity index (χ4n) is 6.13. The van der Waals surface area contributed by atoms with Crippen LogP contribution in [0.3, 0.4) is 0 Å². The van der Waals surface area contributed by atoms with Crippen molar-refractivity contribution in [2.45, 2.75) is 61.9 Å². The second-order valence-electron chi connectivity index (χ2n) is 11.7. The van der Waals surface area contributed by atoms with Gasteiger partial charge in [-0.2, -0.15) is 26.7 Å². The third-order valence-electron chi connectivity index (χ3n) is 8.62. The summed E-state index contributed by atoms with van der Waals surface area (Å²) in [5.74, 6) is 1.25. The van der Waals surface area contributed by atoms with E-state index in [4.69, 9.17) is 17.3 Å². The van der Waals surface area contributed by atoms with Gasteiger partial charge in [-0.25, -0.2) is 4.79 Å². The van der Waals surface area contributed by atoms with Crippen LogP contribution in [0.15, 0.2) is 0 Å². The Morgan fingerprint density at radius 3 is 2.61 bits per heavy atom. The molecule has 0 aromatic carbocycles. The van der Waals surface area contributed by atoms with Crippen LogP contribution < -0.4 is 26.6 Å². The molecule has 0 saturated carbocycles. The SMILES string of the molecule is CN1CC(=O)N([C@@H](CCCCN)C(=O)N2CCN(c3nc(Cl)nc(NCCCC[C@@H]4SC[C@@H]5NC(=O)N[C@@H]54)n3)CC2)CC1=O. The van der Waals surface area contributed by atoms with E-state index in [-0.39, 0.29) is 54.2 Å². The second-order valence-corrected chi connectivity index (χ2v) is 13.3. The number of aromatic nitrogens is 3. The summed E-state index contributed by atoms with van der Waals surface area (Å²) >= 11 is 8.16. The van der Waals surface area contributed by atoms with Crippen molar-refractivity contribution in [3.63, 3.8) is 0 Å². The summed E-state index contributed by atoms with van der Waals surface area (Å²) in [5, 5.41) is 9.77. The zero-order chi connectivity index (χ0) is 31.2. The van der Waals surface area contributed by atoms with Crippen LogP contribution in [0.5, 0.6) is 0 Å². The molecule has 0 aliphatic carbocycles. The molecular weight excluding hydrogens is 610 g/mol. The van der Waals surface area contributed by atoms with Crippen molar-refractivity contribution in [1.29, 1.82) is 0 Å². The van der Waals surface area contributed by atoms with E-state index in [0.717, 1.165) is 31.4 Å². The quantitative estimate of drug-likeness (QED) is 0.163. The zero-order valence-electron chi connectivity index (χ0n) is 25.0. The van der Waals surface area contributed by atoms with Crippen LogP contribution in [0.4, 0.5) is 16.7 Å². The lowest BCUT2D eigenvalue weighted by Crippen LogP contribution is -2.61. The topological polar surface area (TPSA) is 182 Å². The fourth-order valence-corrected chi connectivity index (χ4v) is 7.83. The average molecular weight is 652 g/mol. The lowest BCUT2D eigenvalue weighted by molar-refractivity contribution is -0.156. The summed E-state index contributed by atoms with van der Waals surface area (Å²) in [5.41, 5.74) is 5.67. The van der Waals surface area contributed by atoms with E-state index in [2.05, 4.69) is 30.9 Å². The van der Waals surface area contributed by atoms with Gasteiger partial charge in [0, 0.05) is 50.8 Å². The number of likely N-dealkylation sites (N-methyl/N-ethyl adjacent to an activating group) is 1. The summed E-state index contributed by atoms with van der Waals surface area (Å²) in [4.78, 5) is 70.1. The monoisotopic (exact) mass is 651 g/mol. The first kappa shape index (κ1) is 32.3. The van der Waals surface area contributed by atoms with E-state index in [0.29, 0.717) is 69.3 Å². The number of hydrogen-bond acceptors (Lipinski definition) is 11. The van der Waals surface area contributed by atoms with Crippen LogP contribution in [0.25, 0.3) is 0 Å². The molecule has 17 heteroatoms. The molecule has 4 fully saturated rings. The van der Waals surface area contributed by atoms with Gasteiger partial charge < -0.3 is 41.3 Å². The van der Waals surface area contributed by atoms with E-state index in [1.165, 1.54) is 9.80 Å². The standard InChI is InChI=1S/C27H42ClN11O4S/c1-36-14-21(41)39(15-20(36)40)18(6-2-4-8-29)23(42)37-10-12-38(13-11-37)26-34-24(28)33-25(35-26)30-9-5-3-7-19-22-17(16-44-19)31-27(43)32-22/h17-19,22H,2-16,29H2,1H3,(H2,31,32,43)(H,30,33,34,35)/t17-,18-,19-,22-/m0/s1. The summed E-state index contributed by atoms with van der Waals surface area (Å²) in [6, 6.07) is -0.314. The van der Waals surface area contributed by atoms with Gasteiger partial charge in [-0.05, 0) is 50.2 Å². The van der Waals surface area contributed by atoms with Crippen LogP contribution in [0.1, 0.15) is 38.5 Å². The van der Waals surface area contributed by atoms with E-state index >= 15 is 0 Å². The lowest BCUT2D eigenvalue weighted by Gasteiger charge is -2.41. The highest BCUT2D eigenvalue weighted by molar-refractivity contribution is 8.00. The summed E-state index contributed by atoms with van der Waals surface area (Å²) in [6.07, 6.45) is 4.84. The average Bonchev–Trinajstić information content (AvgIpc) is 3.56. The number of piperazine rings is 2. The summed E-state index contributed by atoms with van der Waals surface area (Å²) in [7, 11) is 1.59. The van der Waals surface area contributed by atoms with Gasteiger partial charge in [0.05, 0.1) is 18.6 Å². The van der Waals surface area contributed by atoms with E-state index in [1.54, 1.807) is 11.9 Å².